The number of nitriles is 1. The van der Waals surface area contributed by atoms with Gasteiger partial charge in [0.2, 0.25) is 0 Å². The number of nitrogen functional groups attached to an aromatic ring is 1. The summed E-state index contributed by atoms with van der Waals surface area (Å²) in [7, 11) is 0. The Morgan fingerprint density at radius 1 is 1.26 bits per heavy atom. The number of aromatic nitrogens is 1. The van der Waals surface area contributed by atoms with Crippen LogP contribution in [0.15, 0.2) is 36.4 Å². The molecule has 0 radical (unpaired) electrons. The normalized spacial score (nSPS) is 9.89. The summed E-state index contributed by atoms with van der Waals surface area (Å²) in [6.45, 7) is 0.585. The smallest absolute Gasteiger partial charge is 0.165 e. The summed E-state index contributed by atoms with van der Waals surface area (Å²) in [5.74, 6) is 0.597. The van der Waals surface area contributed by atoms with E-state index >= 15 is 0 Å². The summed E-state index contributed by atoms with van der Waals surface area (Å²) in [4.78, 5) is 4.10. The van der Waals surface area contributed by atoms with Crippen molar-refractivity contribution in [1.82, 2.24) is 4.98 Å². The fourth-order valence-electron chi connectivity index (χ4n) is 1.69. The highest BCUT2D eigenvalue weighted by atomic mass is 16.3. The van der Waals surface area contributed by atoms with E-state index in [-0.39, 0.29) is 12.3 Å². The first-order chi connectivity index (χ1) is 9.22. The van der Waals surface area contributed by atoms with Crippen LogP contribution in [0.5, 0.6) is 0 Å². The number of nitrogens with zero attached hydrogens (tertiary/aromatic N) is 2. The highest BCUT2D eigenvalue weighted by Crippen LogP contribution is 2.13. The van der Waals surface area contributed by atoms with Crippen LogP contribution in [-0.4, -0.2) is 10.1 Å². The molecule has 1 heterocycles. The number of hydrogen-bond donors (Lipinski definition) is 3. The van der Waals surface area contributed by atoms with Crippen molar-refractivity contribution in [3.8, 4) is 6.07 Å². The van der Waals surface area contributed by atoms with E-state index in [1.54, 1.807) is 12.1 Å². The monoisotopic (exact) mass is 254 g/mol. The molecular weight excluding hydrogens is 240 g/mol. The predicted octanol–water partition coefficient (Wildman–Crippen LogP) is 1.64. The van der Waals surface area contributed by atoms with Crippen molar-refractivity contribution >= 4 is 11.5 Å². The van der Waals surface area contributed by atoms with Gasteiger partial charge >= 0.3 is 0 Å². The highest BCUT2D eigenvalue weighted by Gasteiger charge is 2.02. The van der Waals surface area contributed by atoms with Crippen LogP contribution in [0.1, 0.15) is 16.8 Å². The number of anilines is 2. The molecule has 0 unspecified atom stereocenters. The number of nitrogens with two attached hydrogens (primary N) is 1. The van der Waals surface area contributed by atoms with Crippen molar-refractivity contribution in [1.29, 1.82) is 5.26 Å². The zero-order chi connectivity index (χ0) is 13.7. The first-order valence-electron chi connectivity index (χ1n) is 5.82. The molecule has 0 atom stereocenters. The van der Waals surface area contributed by atoms with Gasteiger partial charge in [0.15, 0.2) is 5.69 Å². The van der Waals surface area contributed by atoms with E-state index in [9.17, 15) is 0 Å². The first kappa shape index (κ1) is 12.9. The van der Waals surface area contributed by atoms with Gasteiger partial charge in [-0.2, -0.15) is 5.26 Å². The molecule has 0 saturated heterocycles. The zero-order valence-corrected chi connectivity index (χ0v) is 10.3. The standard InChI is InChI=1S/C14H14N4O/c15-7-13-12(16)4-5-14(18-13)17-8-10-2-1-3-11(6-10)9-19/h1-6,19H,8-9,16H2,(H,17,18). The molecule has 0 aliphatic rings. The van der Waals surface area contributed by atoms with E-state index in [2.05, 4.69) is 10.3 Å². The topological polar surface area (TPSA) is 95.0 Å². The minimum atomic E-state index is 0.0204. The molecule has 1 aromatic carbocycles. The van der Waals surface area contributed by atoms with E-state index in [0.29, 0.717) is 18.1 Å². The van der Waals surface area contributed by atoms with Gasteiger partial charge in [0, 0.05) is 6.54 Å². The molecule has 0 spiro atoms. The maximum atomic E-state index is 9.06. The van der Waals surface area contributed by atoms with E-state index in [1.807, 2.05) is 30.3 Å². The van der Waals surface area contributed by atoms with Crippen molar-refractivity contribution in [2.24, 2.45) is 0 Å². The molecule has 96 valence electrons. The lowest BCUT2D eigenvalue weighted by molar-refractivity contribution is 0.281. The molecule has 2 rings (SSSR count). The third-order valence-electron chi connectivity index (χ3n) is 2.68. The van der Waals surface area contributed by atoms with Crippen LogP contribution in [0, 0.1) is 11.3 Å². The quantitative estimate of drug-likeness (QED) is 0.771. The van der Waals surface area contributed by atoms with Crippen LogP contribution in [0.2, 0.25) is 0 Å². The van der Waals surface area contributed by atoms with Crippen molar-refractivity contribution < 1.29 is 5.11 Å². The Balaban J connectivity index is 2.08. The minimum absolute atomic E-state index is 0.0204. The Kier molecular flexibility index (Phi) is 3.96. The van der Waals surface area contributed by atoms with Gasteiger partial charge in [-0.15, -0.1) is 0 Å². The van der Waals surface area contributed by atoms with Gasteiger partial charge in [0.25, 0.3) is 0 Å². The molecule has 0 fully saturated rings. The molecule has 0 saturated carbocycles. The molecule has 5 heteroatoms. The molecule has 1 aromatic heterocycles. The van der Waals surface area contributed by atoms with Crippen molar-refractivity contribution in [3.05, 3.63) is 53.2 Å². The Hall–Kier alpha value is -2.58. The van der Waals surface area contributed by atoms with Crippen LogP contribution in [0.25, 0.3) is 0 Å². The van der Waals surface area contributed by atoms with E-state index in [1.165, 1.54) is 0 Å². The van der Waals surface area contributed by atoms with Crippen LogP contribution in [-0.2, 0) is 13.2 Å². The third-order valence-corrected chi connectivity index (χ3v) is 2.68. The predicted molar refractivity (Wildman–Crippen MR) is 73.1 cm³/mol. The maximum absolute atomic E-state index is 9.06. The Labute approximate surface area is 111 Å². The summed E-state index contributed by atoms with van der Waals surface area (Å²) < 4.78 is 0. The number of nitrogens with one attached hydrogen (secondary N) is 1. The minimum Gasteiger partial charge on any atom is -0.396 e. The number of aliphatic hydroxyl groups is 1. The Morgan fingerprint density at radius 2 is 2.05 bits per heavy atom. The second-order valence-electron chi connectivity index (χ2n) is 4.08. The summed E-state index contributed by atoms with van der Waals surface area (Å²) in [6.07, 6.45) is 0. The molecule has 19 heavy (non-hydrogen) atoms. The van der Waals surface area contributed by atoms with Gasteiger partial charge in [0.1, 0.15) is 11.9 Å². The van der Waals surface area contributed by atoms with Gasteiger partial charge in [-0.3, -0.25) is 0 Å². The molecule has 0 bridgehead atoms. The summed E-state index contributed by atoms with van der Waals surface area (Å²) in [5, 5.41) is 21.0. The Morgan fingerprint density at radius 3 is 2.79 bits per heavy atom. The SMILES string of the molecule is N#Cc1nc(NCc2cccc(CO)c2)ccc1N. The largest absolute Gasteiger partial charge is 0.396 e. The average Bonchev–Trinajstić information content (AvgIpc) is 2.46. The second kappa shape index (κ2) is 5.85. The van der Waals surface area contributed by atoms with Gasteiger partial charge in [-0.1, -0.05) is 24.3 Å². The first-order valence-corrected chi connectivity index (χ1v) is 5.82. The zero-order valence-electron chi connectivity index (χ0n) is 10.3. The number of hydrogen-bond acceptors (Lipinski definition) is 5. The van der Waals surface area contributed by atoms with E-state index in [4.69, 9.17) is 16.1 Å². The molecule has 0 aliphatic heterocycles. The third kappa shape index (κ3) is 3.21. The second-order valence-corrected chi connectivity index (χ2v) is 4.08. The number of aliphatic hydroxyl groups excluding tert-OH is 1. The van der Waals surface area contributed by atoms with Gasteiger partial charge in [-0.05, 0) is 23.3 Å². The molecule has 0 aliphatic carbocycles. The van der Waals surface area contributed by atoms with Crippen molar-refractivity contribution in [2.75, 3.05) is 11.1 Å². The van der Waals surface area contributed by atoms with Gasteiger partial charge < -0.3 is 16.2 Å². The van der Waals surface area contributed by atoms with Crippen LogP contribution in [0.3, 0.4) is 0 Å². The molecular formula is C14H14N4O. The lowest BCUT2D eigenvalue weighted by Crippen LogP contribution is -2.04. The molecule has 5 nitrogen and oxygen atoms in total. The summed E-state index contributed by atoms with van der Waals surface area (Å²) in [6, 6.07) is 12.9. The van der Waals surface area contributed by atoms with Crippen molar-refractivity contribution in [2.45, 2.75) is 13.2 Å². The average molecular weight is 254 g/mol. The van der Waals surface area contributed by atoms with Gasteiger partial charge in [0.05, 0.1) is 12.3 Å². The van der Waals surface area contributed by atoms with Crippen LogP contribution < -0.4 is 11.1 Å². The fraction of sp³-hybridized carbons (Fsp3) is 0.143. The van der Waals surface area contributed by atoms with Gasteiger partial charge in [-0.25, -0.2) is 4.98 Å². The lowest BCUT2D eigenvalue weighted by atomic mass is 10.1. The number of benzene rings is 1. The maximum Gasteiger partial charge on any atom is 0.165 e. The lowest BCUT2D eigenvalue weighted by Gasteiger charge is -2.07. The summed E-state index contributed by atoms with van der Waals surface area (Å²) >= 11 is 0. The highest BCUT2D eigenvalue weighted by molar-refractivity contribution is 5.54. The molecule has 0 amide bonds. The van der Waals surface area contributed by atoms with Crippen LogP contribution in [0.4, 0.5) is 11.5 Å². The number of rotatable bonds is 4. The number of pyridine rings is 1. The molecule has 4 N–H and O–H groups in total. The van der Waals surface area contributed by atoms with E-state index < -0.39 is 0 Å². The van der Waals surface area contributed by atoms with Crippen molar-refractivity contribution in [3.63, 3.8) is 0 Å². The molecule has 2 aromatic rings. The Bertz CT molecular complexity index is 619. The van der Waals surface area contributed by atoms with E-state index in [0.717, 1.165) is 11.1 Å². The fourth-order valence-corrected chi connectivity index (χ4v) is 1.69. The van der Waals surface area contributed by atoms with Crippen LogP contribution >= 0.6 is 0 Å². The summed E-state index contributed by atoms with van der Waals surface area (Å²) in [5.41, 5.74) is 8.09.